The van der Waals surface area contributed by atoms with Gasteiger partial charge in [-0.3, -0.25) is 14.4 Å². The van der Waals surface area contributed by atoms with Crippen LogP contribution in [0.1, 0.15) is 24.5 Å². The molecule has 0 fully saturated rings. The van der Waals surface area contributed by atoms with E-state index in [1.807, 2.05) is 0 Å². The Morgan fingerprint density at radius 1 is 1.10 bits per heavy atom. The van der Waals surface area contributed by atoms with E-state index in [2.05, 4.69) is 4.74 Å². The molecule has 1 aromatic rings. The van der Waals surface area contributed by atoms with Crippen LogP contribution in [0.25, 0.3) is 0 Å². The Labute approximate surface area is 120 Å². The van der Waals surface area contributed by atoms with E-state index in [4.69, 9.17) is 9.84 Å². The second-order valence-electron chi connectivity index (χ2n) is 4.09. The van der Waals surface area contributed by atoms with Crippen LogP contribution in [0.5, 0.6) is 0 Å². The smallest absolute Gasteiger partial charge is 0.351 e. The minimum absolute atomic E-state index is 0.392. The predicted octanol–water partition coefficient (Wildman–Crippen LogP) is 0.878. The zero-order valence-corrected chi connectivity index (χ0v) is 11.3. The molecule has 112 valence electrons. The molecule has 0 spiro atoms. The first kappa shape index (κ1) is 16.4. The van der Waals surface area contributed by atoms with Gasteiger partial charge < -0.3 is 14.6 Å². The summed E-state index contributed by atoms with van der Waals surface area (Å²) in [6.07, 6.45) is -2.78. The lowest BCUT2D eigenvalue weighted by atomic mass is 10.1. The van der Waals surface area contributed by atoms with Gasteiger partial charge >= 0.3 is 17.9 Å². The first-order chi connectivity index (χ1) is 9.93. The summed E-state index contributed by atoms with van der Waals surface area (Å²) in [5, 5.41) is 8.44. The van der Waals surface area contributed by atoms with E-state index in [1.54, 1.807) is 30.3 Å². The molecule has 0 radical (unpaired) electrons. The van der Waals surface area contributed by atoms with E-state index >= 15 is 0 Å². The molecule has 7 heteroatoms. The maximum Gasteiger partial charge on any atom is 0.351 e. The summed E-state index contributed by atoms with van der Waals surface area (Å²) in [6.45, 7) is 0. The Morgan fingerprint density at radius 2 is 1.71 bits per heavy atom. The summed E-state index contributed by atoms with van der Waals surface area (Å²) >= 11 is 0. The van der Waals surface area contributed by atoms with Gasteiger partial charge in [-0.1, -0.05) is 30.3 Å². The number of hydrogen-bond acceptors (Lipinski definition) is 6. The maximum atomic E-state index is 11.6. The molecular formula is C14H14O7. The number of rotatable bonds is 7. The van der Waals surface area contributed by atoms with Crippen LogP contribution < -0.4 is 0 Å². The van der Waals surface area contributed by atoms with Crippen molar-refractivity contribution in [3.05, 3.63) is 35.9 Å². The van der Waals surface area contributed by atoms with Gasteiger partial charge in [-0.25, -0.2) is 4.79 Å². The molecule has 0 heterocycles. The lowest BCUT2D eigenvalue weighted by molar-refractivity contribution is -0.167. The lowest BCUT2D eigenvalue weighted by Crippen LogP contribution is -2.23. The first-order valence-electron chi connectivity index (χ1n) is 5.99. The molecule has 0 amide bonds. The van der Waals surface area contributed by atoms with Crippen molar-refractivity contribution in [2.75, 3.05) is 7.11 Å². The van der Waals surface area contributed by atoms with Crippen LogP contribution in [-0.4, -0.2) is 35.9 Å². The number of carboxylic acid groups (broad SMARTS) is 1. The highest BCUT2D eigenvalue weighted by molar-refractivity contribution is 6.03. The Kier molecular flexibility index (Phi) is 6.06. The number of methoxy groups -OCH3 is 1. The second kappa shape index (κ2) is 7.78. The number of carbonyl (C=O) groups is 4. The molecule has 0 saturated carbocycles. The topological polar surface area (TPSA) is 107 Å². The van der Waals surface area contributed by atoms with Crippen molar-refractivity contribution in [3.63, 3.8) is 0 Å². The molecule has 0 bridgehead atoms. The highest BCUT2D eigenvalue weighted by atomic mass is 16.6. The van der Waals surface area contributed by atoms with Gasteiger partial charge in [0.2, 0.25) is 6.10 Å². The van der Waals surface area contributed by atoms with E-state index in [0.717, 1.165) is 7.11 Å². The number of benzene rings is 1. The summed E-state index contributed by atoms with van der Waals surface area (Å²) in [7, 11) is 1.14. The largest absolute Gasteiger partial charge is 0.481 e. The van der Waals surface area contributed by atoms with Gasteiger partial charge in [-0.05, 0) is 0 Å². The van der Waals surface area contributed by atoms with Gasteiger partial charge in [0.1, 0.15) is 12.8 Å². The van der Waals surface area contributed by atoms with Crippen molar-refractivity contribution < 1.29 is 33.8 Å². The highest BCUT2D eigenvalue weighted by Crippen LogP contribution is 2.19. The molecule has 0 aliphatic heterocycles. The summed E-state index contributed by atoms with van der Waals surface area (Å²) in [6, 6.07) is 8.14. The maximum absolute atomic E-state index is 11.6. The molecule has 21 heavy (non-hydrogen) atoms. The fourth-order valence-electron chi connectivity index (χ4n) is 1.55. The summed E-state index contributed by atoms with van der Waals surface area (Å²) < 4.78 is 9.46. The van der Waals surface area contributed by atoms with Gasteiger partial charge in [-0.15, -0.1) is 0 Å². The monoisotopic (exact) mass is 294 g/mol. The van der Waals surface area contributed by atoms with E-state index < -0.39 is 42.6 Å². The molecule has 1 atom stereocenters. The molecule has 0 saturated heterocycles. The fourth-order valence-corrected chi connectivity index (χ4v) is 1.55. The SMILES string of the molecule is COC(=O)[C@@H](OC(=O)CC(=O)CC(=O)O)c1ccccc1. The first-order valence-corrected chi connectivity index (χ1v) is 5.99. The molecule has 0 aromatic heterocycles. The predicted molar refractivity (Wildman–Crippen MR) is 69.2 cm³/mol. The van der Waals surface area contributed by atoms with Gasteiger partial charge in [0.05, 0.1) is 7.11 Å². The molecule has 1 rings (SSSR count). The van der Waals surface area contributed by atoms with E-state index in [0.29, 0.717) is 5.56 Å². The number of esters is 2. The second-order valence-corrected chi connectivity index (χ2v) is 4.09. The van der Waals surface area contributed by atoms with Gasteiger partial charge in [0.25, 0.3) is 0 Å². The van der Waals surface area contributed by atoms with Crippen LogP contribution in [0.4, 0.5) is 0 Å². The third-order valence-corrected chi connectivity index (χ3v) is 2.46. The Morgan fingerprint density at radius 3 is 2.24 bits per heavy atom. The summed E-state index contributed by atoms with van der Waals surface area (Å²) in [5.74, 6) is -3.91. The van der Waals surface area contributed by atoms with Gasteiger partial charge in [0.15, 0.2) is 5.78 Å². The Hall–Kier alpha value is -2.70. The van der Waals surface area contributed by atoms with Crippen molar-refractivity contribution in [1.29, 1.82) is 0 Å². The number of aliphatic carboxylic acids is 1. The Bertz CT molecular complexity index is 536. The quantitative estimate of drug-likeness (QED) is 0.587. The van der Waals surface area contributed by atoms with Crippen molar-refractivity contribution in [1.82, 2.24) is 0 Å². The molecule has 7 nitrogen and oxygen atoms in total. The molecule has 0 aliphatic carbocycles. The van der Waals surface area contributed by atoms with E-state index in [9.17, 15) is 19.2 Å². The van der Waals surface area contributed by atoms with Crippen molar-refractivity contribution in [2.24, 2.45) is 0 Å². The fraction of sp³-hybridized carbons (Fsp3) is 0.286. The minimum Gasteiger partial charge on any atom is -0.481 e. The average molecular weight is 294 g/mol. The molecule has 1 N–H and O–H groups in total. The number of carboxylic acids is 1. The van der Waals surface area contributed by atoms with E-state index in [1.165, 1.54) is 0 Å². The zero-order valence-electron chi connectivity index (χ0n) is 11.3. The van der Waals surface area contributed by atoms with Crippen LogP contribution in [-0.2, 0) is 28.7 Å². The Balaban J connectivity index is 2.74. The van der Waals surface area contributed by atoms with Gasteiger partial charge in [0, 0.05) is 5.56 Å². The summed E-state index contributed by atoms with van der Waals surface area (Å²) in [5.41, 5.74) is 0.392. The molecule has 0 aliphatic rings. The summed E-state index contributed by atoms with van der Waals surface area (Å²) in [4.78, 5) is 44.8. The van der Waals surface area contributed by atoms with Crippen LogP contribution in [0, 0.1) is 0 Å². The van der Waals surface area contributed by atoms with Crippen LogP contribution in [0.15, 0.2) is 30.3 Å². The third kappa shape index (κ3) is 5.43. The van der Waals surface area contributed by atoms with Crippen LogP contribution >= 0.6 is 0 Å². The van der Waals surface area contributed by atoms with Crippen molar-refractivity contribution >= 4 is 23.7 Å². The normalized spacial score (nSPS) is 11.3. The minimum atomic E-state index is -1.33. The van der Waals surface area contributed by atoms with Crippen molar-refractivity contribution in [2.45, 2.75) is 18.9 Å². The number of ether oxygens (including phenoxy) is 2. The van der Waals surface area contributed by atoms with Gasteiger partial charge in [-0.2, -0.15) is 0 Å². The number of carbonyl (C=O) groups excluding carboxylic acids is 3. The van der Waals surface area contributed by atoms with E-state index in [-0.39, 0.29) is 0 Å². The number of ketones is 1. The molecular weight excluding hydrogens is 280 g/mol. The number of hydrogen-bond donors (Lipinski definition) is 1. The standard InChI is InChI=1S/C14H14O7/c1-20-14(19)13(9-5-3-2-4-6-9)21-12(18)8-10(15)7-11(16)17/h2-6,13H,7-8H2,1H3,(H,16,17)/t13-/m0/s1. The molecule has 1 aromatic carbocycles. The van der Waals surface area contributed by atoms with Crippen LogP contribution in [0.3, 0.4) is 0 Å². The third-order valence-electron chi connectivity index (χ3n) is 2.46. The van der Waals surface area contributed by atoms with Crippen molar-refractivity contribution in [3.8, 4) is 0 Å². The average Bonchev–Trinajstić information content (AvgIpc) is 2.43. The molecule has 0 unspecified atom stereocenters. The zero-order chi connectivity index (χ0) is 15.8. The highest BCUT2D eigenvalue weighted by Gasteiger charge is 2.26. The van der Waals surface area contributed by atoms with Crippen LogP contribution in [0.2, 0.25) is 0 Å². The lowest BCUT2D eigenvalue weighted by Gasteiger charge is -2.15. The number of Topliss-reactive ketones (excluding diaryl/α,β-unsaturated/α-hetero) is 1.